The molecule has 7 heteroatoms. The number of methoxy groups -OCH3 is 1. The molecule has 0 aliphatic carbocycles. The number of thiophene rings is 2. The molecule has 0 aliphatic heterocycles. The summed E-state index contributed by atoms with van der Waals surface area (Å²) in [6, 6.07) is 11.7. The first-order valence-electron chi connectivity index (χ1n) is 7.49. The average molecular weight is 367 g/mol. The minimum Gasteiger partial charge on any atom is -0.465 e. The van der Waals surface area contributed by atoms with Crippen LogP contribution in [-0.4, -0.2) is 23.0 Å². The summed E-state index contributed by atoms with van der Waals surface area (Å²) in [7, 11) is 1.38. The van der Waals surface area contributed by atoms with Crippen molar-refractivity contribution in [3.63, 3.8) is 0 Å². The molecule has 4 aromatic heterocycles. The second kappa shape index (κ2) is 6.62. The van der Waals surface area contributed by atoms with Crippen LogP contribution in [0.25, 0.3) is 20.7 Å². The summed E-state index contributed by atoms with van der Waals surface area (Å²) >= 11 is 2.99. The predicted molar refractivity (Wildman–Crippen MR) is 102 cm³/mol. The van der Waals surface area contributed by atoms with Crippen molar-refractivity contribution in [2.75, 3.05) is 12.4 Å². The molecule has 0 aromatic carbocycles. The Bertz CT molecular complexity index is 1040. The van der Waals surface area contributed by atoms with Gasteiger partial charge in [-0.05, 0) is 30.3 Å². The van der Waals surface area contributed by atoms with Crippen molar-refractivity contribution in [2.45, 2.75) is 0 Å². The average Bonchev–Trinajstić information content (AvgIpc) is 3.29. The molecule has 0 amide bonds. The Morgan fingerprint density at radius 1 is 1.16 bits per heavy atom. The fourth-order valence-corrected chi connectivity index (χ4v) is 4.31. The summed E-state index contributed by atoms with van der Waals surface area (Å²) in [5.41, 5.74) is 1.80. The lowest BCUT2D eigenvalue weighted by Crippen LogP contribution is -1.96. The van der Waals surface area contributed by atoms with Crippen LogP contribution >= 0.6 is 22.7 Å². The van der Waals surface area contributed by atoms with Crippen LogP contribution in [0.2, 0.25) is 0 Å². The van der Waals surface area contributed by atoms with E-state index in [-0.39, 0.29) is 5.97 Å². The van der Waals surface area contributed by atoms with Crippen LogP contribution in [0, 0.1) is 0 Å². The first-order chi connectivity index (χ1) is 12.2. The van der Waals surface area contributed by atoms with E-state index in [1.807, 2.05) is 36.4 Å². The number of carbonyl (C=O) groups is 1. The highest BCUT2D eigenvalue weighted by Gasteiger charge is 2.13. The lowest BCUT2D eigenvalue weighted by molar-refractivity contribution is 0.0606. The zero-order valence-corrected chi connectivity index (χ0v) is 14.9. The highest BCUT2D eigenvalue weighted by molar-refractivity contribution is 7.21. The Kier molecular flexibility index (Phi) is 4.17. The van der Waals surface area contributed by atoms with Crippen LogP contribution in [0.5, 0.6) is 0 Å². The Hall–Kier alpha value is -2.77. The largest absolute Gasteiger partial charge is 0.465 e. The van der Waals surface area contributed by atoms with Crippen molar-refractivity contribution in [3.05, 3.63) is 59.9 Å². The number of nitrogens with zero attached hydrogens (tertiary/aromatic N) is 2. The van der Waals surface area contributed by atoms with E-state index in [0.29, 0.717) is 4.88 Å². The Labute approximate surface area is 152 Å². The van der Waals surface area contributed by atoms with Gasteiger partial charge in [0.15, 0.2) is 0 Å². The third kappa shape index (κ3) is 3.11. The maximum absolute atomic E-state index is 11.8. The number of esters is 1. The van der Waals surface area contributed by atoms with Gasteiger partial charge in [-0.25, -0.2) is 4.79 Å². The second-order valence-electron chi connectivity index (χ2n) is 5.20. The van der Waals surface area contributed by atoms with E-state index in [2.05, 4.69) is 15.3 Å². The number of hydrogen-bond donors (Lipinski definition) is 1. The molecule has 0 aliphatic rings. The molecule has 0 fully saturated rings. The molecule has 0 unspecified atom stereocenters. The molecular weight excluding hydrogens is 354 g/mol. The molecule has 0 bridgehead atoms. The van der Waals surface area contributed by atoms with Crippen molar-refractivity contribution in [1.29, 1.82) is 0 Å². The summed E-state index contributed by atoms with van der Waals surface area (Å²) in [5, 5.41) is 5.33. The van der Waals surface area contributed by atoms with Crippen LogP contribution in [0.1, 0.15) is 9.67 Å². The van der Waals surface area contributed by atoms with Crippen molar-refractivity contribution < 1.29 is 9.53 Å². The van der Waals surface area contributed by atoms with Gasteiger partial charge >= 0.3 is 5.97 Å². The number of ether oxygens (including phenoxy) is 1. The number of nitrogens with one attached hydrogen (secondary N) is 1. The summed E-state index contributed by atoms with van der Waals surface area (Å²) < 4.78 is 5.74. The molecule has 5 nitrogen and oxygen atoms in total. The normalized spacial score (nSPS) is 10.8. The summed E-state index contributed by atoms with van der Waals surface area (Å²) in [6.07, 6.45) is 5.30. The van der Waals surface area contributed by atoms with Gasteiger partial charge in [0.1, 0.15) is 4.88 Å². The molecule has 0 saturated heterocycles. The number of pyridine rings is 2. The van der Waals surface area contributed by atoms with Gasteiger partial charge in [0.05, 0.1) is 39.3 Å². The summed E-state index contributed by atoms with van der Waals surface area (Å²) in [5.74, 6) is -0.333. The fraction of sp³-hybridized carbons (Fsp3) is 0.0556. The predicted octanol–water partition coefficient (Wildman–Crippen LogP) is 4.95. The van der Waals surface area contributed by atoms with E-state index in [0.717, 1.165) is 31.3 Å². The van der Waals surface area contributed by atoms with Crippen LogP contribution in [0.15, 0.2) is 55.0 Å². The van der Waals surface area contributed by atoms with Gasteiger partial charge < -0.3 is 10.1 Å². The second-order valence-corrected chi connectivity index (χ2v) is 7.37. The maximum Gasteiger partial charge on any atom is 0.348 e. The summed E-state index contributed by atoms with van der Waals surface area (Å²) in [6.45, 7) is 0. The van der Waals surface area contributed by atoms with E-state index in [1.165, 1.54) is 18.4 Å². The monoisotopic (exact) mass is 367 g/mol. The fourth-order valence-electron chi connectivity index (χ4n) is 2.45. The SMILES string of the molecule is COC(=O)c1cc2c(Nc3ccc(-c4ccccn4)s3)cncc2s1. The van der Waals surface area contributed by atoms with Gasteiger partial charge in [0.2, 0.25) is 0 Å². The molecule has 124 valence electrons. The van der Waals surface area contributed by atoms with Crippen molar-refractivity contribution in [2.24, 2.45) is 0 Å². The molecule has 4 aromatic rings. The van der Waals surface area contributed by atoms with Crippen LogP contribution in [0.4, 0.5) is 10.7 Å². The van der Waals surface area contributed by atoms with E-state index in [4.69, 9.17) is 4.74 Å². The van der Waals surface area contributed by atoms with Gasteiger partial charge in [0, 0.05) is 17.8 Å². The molecular formula is C18H13N3O2S2. The topological polar surface area (TPSA) is 64.1 Å². The molecule has 0 radical (unpaired) electrons. The number of fused-ring (bicyclic) bond motifs is 1. The van der Waals surface area contributed by atoms with Crippen molar-refractivity contribution in [1.82, 2.24) is 9.97 Å². The van der Waals surface area contributed by atoms with Crippen LogP contribution < -0.4 is 5.32 Å². The lowest BCUT2D eigenvalue weighted by Gasteiger charge is -2.04. The zero-order chi connectivity index (χ0) is 17.2. The van der Waals surface area contributed by atoms with E-state index in [1.54, 1.807) is 29.9 Å². The van der Waals surface area contributed by atoms with E-state index in [9.17, 15) is 4.79 Å². The number of rotatable bonds is 4. The number of aromatic nitrogens is 2. The van der Waals surface area contributed by atoms with Gasteiger partial charge in [-0.15, -0.1) is 22.7 Å². The molecule has 4 rings (SSSR count). The van der Waals surface area contributed by atoms with Gasteiger partial charge in [-0.2, -0.15) is 0 Å². The first kappa shape index (κ1) is 15.7. The van der Waals surface area contributed by atoms with Crippen LogP contribution in [0.3, 0.4) is 0 Å². The van der Waals surface area contributed by atoms with E-state index >= 15 is 0 Å². The molecule has 0 saturated carbocycles. The molecule has 0 atom stereocenters. The van der Waals surface area contributed by atoms with Gasteiger partial charge in [0.25, 0.3) is 0 Å². The highest BCUT2D eigenvalue weighted by atomic mass is 32.1. The molecule has 4 heterocycles. The van der Waals surface area contributed by atoms with Gasteiger partial charge in [-0.3, -0.25) is 9.97 Å². The quantitative estimate of drug-likeness (QED) is 0.517. The first-order valence-corrected chi connectivity index (χ1v) is 9.12. The Morgan fingerprint density at radius 3 is 2.88 bits per heavy atom. The molecule has 1 N–H and O–H groups in total. The van der Waals surface area contributed by atoms with Crippen molar-refractivity contribution in [3.8, 4) is 10.6 Å². The van der Waals surface area contributed by atoms with Crippen molar-refractivity contribution >= 4 is 49.4 Å². The minimum atomic E-state index is -0.333. The standard InChI is InChI=1S/C18H13N3O2S2/c1-23-18(22)15-8-11-13(9-19-10-16(11)24-15)21-17-6-5-14(25-17)12-4-2-3-7-20-12/h2-10,21H,1H3. The highest BCUT2D eigenvalue weighted by Crippen LogP contribution is 2.36. The number of carbonyl (C=O) groups excluding carboxylic acids is 1. The third-order valence-electron chi connectivity index (χ3n) is 3.61. The molecule has 25 heavy (non-hydrogen) atoms. The Balaban J connectivity index is 1.66. The number of anilines is 2. The van der Waals surface area contributed by atoms with Crippen LogP contribution in [-0.2, 0) is 4.74 Å². The minimum absolute atomic E-state index is 0.333. The maximum atomic E-state index is 11.8. The summed E-state index contributed by atoms with van der Waals surface area (Å²) in [4.78, 5) is 22.0. The van der Waals surface area contributed by atoms with E-state index < -0.39 is 0 Å². The zero-order valence-electron chi connectivity index (χ0n) is 13.2. The number of hydrogen-bond acceptors (Lipinski definition) is 7. The Morgan fingerprint density at radius 2 is 2.08 bits per heavy atom. The third-order valence-corrected chi connectivity index (χ3v) is 5.69. The van der Waals surface area contributed by atoms with Gasteiger partial charge in [-0.1, -0.05) is 6.07 Å². The lowest BCUT2D eigenvalue weighted by atomic mass is 10.2. The smallest absolute Gasteiger partial charge is 0.348 e. The molecule has 0 spiro atoms.